The summed E-state index contributed by atoms with van der Waals surface area (Å²) in [7, 11) is 0. The third-order valence-electron chi connectivity index (χ3n) is 5.74. The van der Waals surface area contributed by atoms with E-state index < -0.39 is 0 Å². The molecule has 2 amide bonds. The van der Waals surface area contributed by atoms with Crippen molar-refractivity contribution in [2.45, 2.75) is 45.6 Å². The minimum atomic E-state index is -0.157. The Morgan fingerprint density at radius 3 is 2.40 bits per heavy atom. The van der Waals surface area contributed by atoms with Crippen LogP contribution in [0.4, 0.5) is 4.79 Å². The lowest BCUT2D eigenvalue weighted by Gasteiger charge is -2.25. The molecule has 0 spiro atoms. The fourth-order valence-corrected chi connectivity index (χ4v) is 4.80. The van der Waals surface area contributed by atoms with E-state index in [1.54, 1.807) is 6.08 Å². The summed E-state index contributed by atoms with van der Waals surface area (Å²) in [5.74, 6) is 1.07. The Balaban J connectivity index is 1.36. The summed E-state index contributed by atoms with van der Waals surface area (Å²) in [6.07, 6.45) is 7.71. The van der Waals surface area contributed by atoms with Crippen LogP contribution in [0.3, 0.4) is 0 Å². The standard InChI is InChI=1S/C25H27NO3S/c1-18-7-9-21(10-8-18)17-29-22-13-11-19(12-14-22)15-23-24(27)26(25(28)30-23)16-20-5-3-2-4-6-20/h7-15,20H,2-6,16-17H2,1H3/b23-15+. The van der Waals surface area contributed by atoms with E-state index >= 15 is 0 Å². The molecule has 4 nitrogen and oxygen atoms in total. The normalized spacial score (nSPS) is 19.0. The van der Waals surface area contributed by atoms with Crippen LogP contribution < -0.4 is 4.74 Å². The number of imide groups is 1. The molecule has 1 saturated heterocycles. The van der Waals surface area contributed by atoms with E-state index in [2.05, 4.69) is 31.2 Å². The van der Waals surface area contributed by atoms with E-state index in [0.29, 0.717) is 24.0 Å². The predicted octanol–water partition coefficient (Wildman–Crippen LogP) is 6.19. The molecule has 2 fully saturated rings. The highest BCUT2D eigenvalue weighted by Gasteiger charge is 2.36. The number of amides is 2. The van der Waals surface area contributed by atoms with Gasteiger partial charge >= 0.3 is 0 Å². The van der Waals surface area contributed by atoms with Gasteiger partial charge in [-0.2, -0.15) is 0 Å². The molecule has 4 rings (SSSR count). The van der Waals surface area contributed by atoms with Crippen LogP contribution in [0.5, 0.6) is 5.75 Å². The maximum atomic E-state index is 12.7. The first kappa shape index (κ1) is 20.7. The number of aryl methyl sites for hydroxylation is 1. The van der Waals surface area contributed by atoms with Crippen molar-refractivity contribution in [3.05, 3.63) is 70.1 Å². The van der Waals surface area contributed by atoms with Crippen LogP contribution >= 0.6 is 11.8 Å². The second kappa shape index (κ2) is 9.52. The molecule has 0 N–H and O–H groups in total. The molecule has 1 heterocycles. The summed E-state index contributed by atoms with van der Waals surface area (Å²) in [6, 6.07) is 15.9. The SMILES string of the molecule is Cc1ccc(COc2ccc(/C=C3/SC(=O)N(CC4CCCCC4)C3=O)cc2)cc1. The molecule has 5 heteroatoms. The lowest BCUT2D eigenvalue weighted by molar-refractivity contribution is -0.123. The molecule has 0 atom stereocenters. The second-order valence-corrected chi connectivity index (χ2v) is 9.13. The number of thioether (sulfide) groups is 1. The number of nitrogens with zero attached hydrogens (tertiary/aromatic N) is 1. The predicted molar refractivity (Wildman–Crippen MR) is 121 cm³/mol. The zero-order valence-electron chi connectivity index (χ0n) is 17.3. The van der Waals surface area contributed by atoms with Gasteiger partial charge in [0, 0.05) is 6.54 Å². The molecule has 1 aliphatic carbocycles. The van der Waals surface area contributed by atoms with Crippen molar-refractivity contribution >= 4 is 29.0 Å². The summed E-state index contributed by atoms with van der Waals surface area (Å²) in [4.78, 5) is 27.0. The molecule has 2 aliphatic rings. The molecule has 0 unspecified atom stereocenters. The average molecular weight is 422 g/mol. The Bertz CT molecular complexity index is 928. The first-order chi connectivity index (χ1) is 14.6. The van der Waals surface area contributed by atoms with E-state index in [-0.39, 0.29) is 11.1 Å². The number of hydrogen-bond donors (Lipinski definition) is 0. The minimum absolute atomic E-state index is 0.144. The van der Waals surface area contributed by atoms with E-state index in [4.69, 9.17) is 4.74 Å². The smallest absolute Gasteiger partial charge is 0.293 e. The van der Waals surface area contributed by atoms with Crippen LogP contribution in [0.1, 0.15) is 48.8 Å². The van der Waals surface area contributed by atoms with Crippen molar-refractivity contribution in [2.24, 2.45) is 5.92 Å². The lowest BCUT2D eigenvalue weighted by atomic mass is 9.89. The number of ether oxygens (including phenoxy) is 1. The van der Waals surface area contributed by atoms with Gasteiger partial charge in [0.1, 0.15) is 12.4 Å². The van der Waals surface area contributed by atoms with Crippen molar-refractivity contribution in [2.75, 3.05) is 6.54 Å². The fraction of sp³-hybridized carbons (Fsp3) is 0.360. The number of hydrogen-bond acceptors (Lipinski definition) is 4. The Morgan fingerprint density at radius 1 is 1.00 bits per heavy atom. The van der Waals surface area contributed by atoms with Gasteiger partial charge in [-0.05, 0) is 66.8 Å². The molecule has 1 saturated carbocycles. The molecular formula is C25H27NO3S. The monoisotopic (exact) mass is 421 g/mol. The Morgan fingerprint density at radius 2 is 1.70 bits per heavy atom. The molecule has 156 valence electrons. The van der Waals surface area contributed by atoms with E-state index in [1.165, 1.54) is 29.7 Å². The first-order valence-electron chi connectivity index (χ1n) is 10.6. The molecular weight excluding hydrogens is 394 g/mol. The number of benzene rings is 2. The van der Waals surface area contributed by atoms with Gasteiger partial charge in [0.05, 0.1) is 4.91 Å². The third kappa shape index (κ3) is 5.14. The summed E-state index contributed by atoms with van der Waals surface area (Å²) in [5.41, 5.74) is 3.24. The van der Waals surface area contributed by atoms with E-state index in [9.17, 15) is 9.59 Å². The third-order valence-corrected chi connectivity index (χ3v) is 6.65. The molecule has 2 aromatic carbocycles. The maximum Gasteiger partial charge on any atom is 0.293 e. The van der Waals surface area contributed by atoms with Gasteiger partial charge in [-0.3, -0.25) is 14.5 Å². The van der Waals surface area contributed by atoms with Gasteiger partial charge in [-0.25, -0.2) is 0 Å². The van der Waals surface area contributed by atoms with Crippen molar-refractivity contribution < 1.29 is 14.3 Å². The Labute approximate surface area is 182 Å². The molecule has 1 aliphatic heterocycles. The molecule has 0 aromatic heterocycles. The fourth-order valence-electron chi connectivity index (χ4n) is 3.95. The highest BCUT2D eigenvalue weighted by molar-refractivity contribution is 8.18. The maximum absolute atomic E-state index is 12.7. The molecule has 0 radical (unpaired) electrons. The highest BCUT2D eigenvalue weighted by atomic mass is 32.2. The van der Waals surface area contributed by atoms with E-state index in [0.717, 1.165) is 41.5 Å². The number of carbonyl (C=O) groups is 2. The minimum Gasteiger partial charge on any atom is -0.489 e. The van der Waals surface area contributed by atoms with Gasteiger partial charge in [0.15, 0.2) is 0 Å². The Hall–Kier alpha value is -2.53. The van der Waals surface area contributed by atoms with Crippen LogP contribution in [0.15, 0.2) is 53.4 Å². The van der Waals surface area contributed by atoms with Crippen molar-refractivity contribution in [1.82, 2.24) is 4.90 Å². The summed E-state index contributed by atoms with van der Waals surface area (Å²) in [5, 5.41) is -0.144. The van der Waals surface area contributed by atoms with Crippen molar-refractivity contribution in [3.8, 4) is 5.75 Å². The topological polar surface area (TPSA) is 46.6 Å². The summed E-state index contributed by atoms with van der Waals surface area (Å²) in [6.45, 7) is 3.14. The van der Waals surface area contributed by atoms with Gasteiger partial charge in [0.2, 0.25) is 0 Å². The highest BCUT2D eigenvalue weighted by Crippen LogP contribution is 2.35. The van der Waals surface area contributed by atoms with Crippen LogP contribution in [-0.2, 0) is 11.4 Å². The molecule has 0 bridgehead atoms. The van der Waals surface area contributed by atoms with Crippen LogP contribution in [0.2, 0.25) is 0 Å². The van der Waals surface area contributed by atoms with Gasteiger partial charge in [-0.15, -0.1) is 0 Å². The van der Waals surface area contributed by atoms with Crippen LogP contribution in [-0.4, -0.2) is 22.6 Å². The second-order valence-electron chi connectivity index (χ2n) is 8.14. The van der Waals surface area contributed by atoms with Gasteiger partial charge < -0.3 is 4.74 Å². The van der Waals surface area contributed by atoms with Crippen molar-refractivity contribution in [3.63, 3.8) is 0 Å². The average Bonchev–Trinajstić information content (AvgIpc) is 3.02. The summed E-state index contributed by atoms with van der Waals surface area (Å²) >= 11 is 1.05. The zero-order chi connectivity index (χ0) is 20.9. The molecule has 30 heavy (non-hydrogen) atoms. The Kier molecular flexibility index (Phi) is 6.58. The van der Waals surface area contributed by atoms with Crippen LogP contribution in [0.25, 0.3) is 6.08 Å². The largest absolute Gasteiger partial charge is 0.489 e. The number of carbonyl (C=O) groups excluding carboxylic acids is 2. The van der Waals surface area contributed by atoms with Gasteiger partial charge in [-0.1, -0.05) is 61.2 Å². The zero-order valence-corrected chi connectivity index (χ0v) is 18.1. The quantitative estimate of drug-likeness (QED) is 0.522. The van der Waals surface area contributed by atoms with Crippen molar-refractivity contribution in [1.29, 1.82) is 0 Å². The van der Waals surface area contributed by atoms with E-state index in [1.807, 2.05) is 24.3 Å². The number of rotatable bonds is 6. The summed E-state index contributed by atoms with van der Waals surface area (Å²) < 4.78 is 5.84. The first-order valence-corrected chi connectivity index (χ1v) is 11.4. The van der Waals surface area contributed by atoms with Gasteiger partial charge in [0.25, 0.3) is 11.1 Å². The lowest BCUT2D eigenvalue weighted by Crippen LogP contribution is -2.34. The van der Waals surface area contributed by atoms with Crippen LogP contribution in [0, 0.1) is 12.8 Å². The molecule has 2 aromatic rings.